The van der Waals surface area contributed by atoms with Crippen LogP contribution in [-0.4, -0.2) is 23.8 Å². The number of amides is 2. The Labute approximate surface area is 92.8 Å². The van der Waals surface area contributed by atoms with Crippen LogP contribution in [0.15, 0.2) is 0 Å². The molecule has 0 aliphatic heterocycles. The van der Waals surface area contributed by atoms with E-state index in [2.05, 4.69) is 0 Å². The van der Waals surface area contributed by atoms with Crippen LogP contribution in [0.2, 0.25) is 0 Å². The quantitative estimate of drug-likeness (QED) is 0.676. The molecule has 0 radical (unpaired) electrons. The second-order valence-electron chi connectivity index (χ2n) is 3.56. The molecule has 0 unspecified atom stereocenters. The van der Waals surface area contributed by atoms with Crippen molar-refractivity contribution < 1.29 is 9.59 Å². The van der Waals surface area contributed by atoms with Crippen molar-refractivity contribution in [3.8, 4) is 0 Å². The molecule has 0 aromatic carbocycles. The topological polar surface area (TPSA) is 37.4 Å². The molecule has 0 aromatic heterocycles. The molecule has 0 atom stereocenters. The third-order valence-corrected chi connectivity index (χ3v) is 2.71. The van der Waals surface area contributed by atoms with Crippen molar-refractivity contribution in [2.45, 2.75) is 52.9 Å². The van der Waals surface area contributed by atoms with Crippen LogP contribution in [0, 0.1) is 5.92 Å². The van der Waals surface area contributed by atoms with Crippen LogP contribution < -0.4 is 0 Å². The van der Waals surface area contributed by atoms with Gasteiger partial charge in [0.2, 0.25) is 12.3 Å². The predicted octanol–water partition coefficient (Wildman–Crippen LogP) is 2.60. The molecule has 1 aliphatic rings. The van der Waals surface area contributed by atoms with E-state index >= 15 is 0 Å². The molecule has 3 nitrogen and oxygen atoms in total. The third kappa shape index (κ3) is 4.45. The fraction of sp³-hybridized carbons (Fsp3) is 0.833. The zero-order valence-corrected chi connectivity index (χ0v) is 10.2. The minimum Gasteiger partial charge on any atom is -0.285 e. The van der Waals surface area contributed by atoms with Crippen molar-refractivity contribution in [3.05, 3.63) is 0 Å². The van der Waals surface area contributed by atoms with E-state index in [1.807, 2.05) is 20.8 Å². The summed E-state index contributed by atoms with van der Waals surface area (Å²) < 4.78 is 0. The van der Waals surface area contributed by atoms with E-state index in [9.17, 15) is 9.59 Å². The predicted molar refractivity (Wildman–Crippen MR) is 61.4 cm³/mol. The molecule has 1 rings (SSSR count). The van der Waals surface area contributed by atoms with Gasteiger partial charge in [0.25, 0.3) is 0 Å². The van der Waals surface area contributed by atoms with Crippen LogP contribution in [0.5, 0.6) is 0 Å². The largest absolute Gasteiger partial charge is 0.285 e. The second kappa shape index (κ2) is 8.45. The van der Waals surface area contributed by atoms with Gasteiger partial charge in [0.05, 0.1) is 0 Å². The molecule has 0 saturated heterocycles. The van der Waals surface area contributed by atoms with E-state index in [1.54, 1.807) is 0 Å². The highest BCUT2D eigenvalue weighted by Gasteiger charge is 2.24. The normalized spacial score (nSPS) is 16.2. The van der Waals surface area contributed by atoms with Crippen LogP contribution >= 0.6 is 0 Å². The fourth-order valence-electron chi connectivity index (χ4n) is 1.87. The van der Waals surface area contributed by atoms with Gasteiger partial charge in [-0.2, -0.15) is 0 Å². The van der Waals surface area contributed by atoms with Crippen molar-refractivity contribution >= 4 is 12.3 Å². The van der Waals surface area contributed by atoms with Crippen LogP contribution in [0.1, 0.15) is 52.9 Å². The number of nitrogens with zero attached hydrogens (tertiary/aromatic N) is 1. The molecule has 1 fully saturated rings. The van der Waals surface area contributed by atoms with Crippen LogP contribution in [0.3, 0.4) is 0 Å². The second-order valence-corrected chi connectivity index (χ2v) is 3.56. The first-order valence-electron chi connectivity index (χ1n) is 6.05. The maximum absolute atomic E-state index is 11.7. The average molecular weight is 213 g/mol. The molecule has 88 valence electrons. The summed E-state index contributed by atoms with van der Waals surface area (Å²) in [5.74, 6) is 0.135. The van der Waals surface area contributed by atoms with Gasteiger partial charge >= 0.3 is 0 Å². The lowest BCUT2D eigenvalue weighted by Gasteiger charge is -2.24. The van der Waals surface area contributed by atoms with Crippen LogP contribution in [-0.2, 0) is 9.59 Å². The van der Waals surface area contributed by atoms with Gasteiger partial charge in [-0.1, -0.05) is 33.1 Å². The highest BCUT2D eigenvalue weighted by atomic mass is 16.2. The molecule has 1 saturated carbocycles. The van der Waals surface area contributed by atoms with Gasteiger partial charge in [-0.15, -0.1) is 0 Å². The van der Waals surface area contributed by atoms with Gasteiger partial charge in [-0.05, 0) is 19.8 Å². The van der Waals surface area contributed by atoms with E-state index in [0.717, 1.165) is 25.7 Å². The first-order chi connectivity index (χ1) is 7.29. The molecule has 0 spiro atoms. The number of rotatable bonds is 3. The maximum atomic E-state index is 11.7. The van der Waals surface area contributed by atoms with Crippen molar-refractivity contribution in [1.82, 2.24) is 4.90 Å². The minimum absolute atomic E-state index is 0.0252. The number of carbonyl (C=O) groups is 2. The maximum Gasteiger partial charge on any atom is 0.232 e. The minimum atomic E-state index is 0.0252. The lowest BCUT2D eigenvalue weighted by molar-refractivity contribution is -0.141. The summed E-state index contributed by atoms with van der Waals surface area (Å²) >= 11 is 0. The average Bonchev–Trinajstić information content (AvgIpc) is 2.34. The molecular weight excluding hydrogens is 190 g/mol. The van der Waals surface area contributed by atoms with Crippen molar-refractivity contribution in [1.29, 1.82) is 0 Å². The molecule has 3 heteroatoms. The summed E-state index contributed by atoms with van der Waals surface area (Å²) in [4.78, 5) is 23.5. The van der Waals surface area contributed by atoms with Crippen LogP contribution in [0.25, 0.3) is 0 Å². The number of imide groups is 1. The molecule has 0 N–H and O–H groups in total. The van der Waals surface area contributed by atoms with Gasteiger partial charge < -0.3 is 0 Å². The van der Waals surface area contributed by atoms with E-state index in [1.165, 1.54) is 11.3 Å². The van der Waals surface area contributed by atoms with E-state index in [0.29, 0.717) is 13.0 Å². The SMILES string of the molecule is CC.CCN(C=O)C(=O)C1CCCCC1. The number of hydrogen-bond acceptors (Lipinski definition) is 2. The number of hydrogen-bond donors (Lipinski definition) is 0. The Balaban J connectivity index is 0.000000921. The summed E-state index contributed by atoms with van der Waals surface area (Å²) in [6, 6.07) is 0. The summed E-state index contributed by atoms with van der Waals surface area (Å²) in [5, 5.41) is 0. The molecule has 2 amide bonds. The van der Waals surface area contributed by atoms with Crippen molar-refractivity contribution in [2.24, 2.45) is 5.92 Å². The van der Waals surface area contributed by atoms with Gasteiger partial charge in [0.1, 0.15) is 0 Å². The van der Waals surface area contributed by atoms with Gasteiger partial charge in [-0.3, -0.25) is 14.5 Å². The highest BCUT2D eigenvalue weighted by molar-refractivity contribution is 5.87. The Morgan fingerprint density at radius 1 is 1.27 bits per heavy atom. The molecule has 0 aromatic rings. The smallest absolute Gasteiger partial charge is 0.232 e. The Hall–Kier alpha value is -0.860. The lowest BCUT2D eigenvalue weighted by atomic mass is 9.88. The number of carbonyl (C=O) groups excluding carboxylic acids is 2. The third-order valence-electron chi connectivity index (χ3n) is 2.71. The first-order valence-corrected chi connectivity index (χ1v) is 6.05. The van der Waals surface area contributed by atoms with Gasteiger partial charge in [-0.25, -0.2) is 0 Å². The fourth-order valence-corrected chi connectivity index (χ4v) is 1.87. The molecule has 15 heavy (non-hydrogen) atoms. The lowest BCUT2D eigenvalue weighted by Crippen LogP contribution is -2.35. The zero-order valence-electron chi connectivity index (χ0n) is 10.2. The Morgan fingerprint density at radius 3 is 2.20 bits per heavy atom. The van der Waals surface area contributed by atoms with Gasteiger partial charge in [0, 0.05) is 12.5 Å². The van der Waals surface area contributed by atoms with Crippen molar-refractivity contribution in [2.75, 3.05) is 6.54 Å². The highest BCUT2D eigenvalue weighted by Crippen LogP contribution is 2.24. The van der Waals surface area contributed by atoms with E-state index < -0.39 is 0 Å². The van der Waals surface area contributed by atoms with E-state index in [4.69, 9.17) is 0 Å². The Kier molecular flexibility index (Phi) is 7.96. The Bertz CT molecular complexity index is 186. The van der Waals surface area contributed by atoms with Gasteiger partial charge in [0.15, 0.2) is 0 Å². The standard InChI is InChI=1S/C10H17NO2.C2H6/c1-2-11(8-12)10(13)9-6-4-3-5-7-9;1-2/h8-9H,2-7H2,1H3;1-2H3. The molecule has 1 aliphatic carbocycles. The zero-order chi connectivity index (χ0) is 11.7. The summed E-state index contributed by atoms with van der Waals surface area (Å²) in [5.41, 5.74) is 0. The molecular formula is C12H23NO2. The monoisotopic (exact) mass is 213 g/mol. The van der Waals surface area contributed by atoms with E-state index in [-0.39, 0.29) is 11.8 Å². The first kappa shape index (κ1) is 14.1. The summed E-state index contributed by atoms with van der Waals surface area (Å²) in [6.07, 6.45) is 6.07. The summed E-state index contributed by atoms with van der Waals surface area (Å²) in [7, 11) is 0. The summed E-state index contributed by atoms with van der Waals surface area (Å²) in [6.45, 7) is 6.33. The Morgan fingerprint density at radius 2 is 1.80 bits per heavy atom. The van der Waals surface area contributed by atoms with Crippen LogP contribution in [0.4, 0.5) is 0 Å². The molecule has 0 heterocycles. The molecule has 0 bridgehead atoms. The van der Waals surface area contributed by atoms with Crippen molar-refractivity contribution in [3.63, 3.8) is 0 Å².